The summed E-state index contributed by atoms with van der Waals surface area (Å²) in [5, 5.41) is 0.669. The van der Waals surface area contributed by atoms with Crippen LogP contribution in [0.3, 0.4) is 0 Å². The molecule has 2 rings (SSSR count). The van der Waals surface area contributed by atoms with Crippen LogP contribution in [-0.2, 0) is 0 Å². The van der Waals surface area contributed by atoms with Crippen molar-refractivity contribution in [3.63, 3.8) is 0 Å². The second kappa shape index (κ2) is 5.07. The van der Waals surface area contributed by atoms with Crippen molar-refractivity contribution in [2.24, 2.45) is 0 Å². The zero-order valence-corrected chi connectivity index (χ0v) is 10.3. The summed E-state index contributed by atoms with van der Waals surface area (Å²) >= 11 is 11.9. The van der Waals surface area contributed by atoms with Crippen molar-refractivity contribution < 1.29 is 4.79 Å². The molecule has 86 valence electrons. The number of alkyl halides is 1. The van der Waals surface area contributed by atoms with E-state index in [4.69, 9.17) is 23.2 Å². The van der Waals surface area contributed by atoms with Crippen molar-refractivity contribution >= 4 is 29.1 Å². The van der Waals surface area contributed by atoms with Gasteiger partial charge in [-0.1, -0.05) is 17.7 Å². The van der Waals surface area contributed by atoms with Gasteiger partial charge in [0.15, 0.2) is 0 Å². The van der Waals surface area contributed by atoms with Gasteiger partial charge in [-0.2, -0.15) is 0 Å². The van der Waals surface area contributed by atoms with Crippen LogP contribution in [0.15, 0.2) is 24.3 Å². The van der Waals surface area contributed by atoms with Crippen molar-refractivity contribution in [2.45, 2.75) is 18.2 Å². The summed E-state index contributed by atoms with van der Waals surface area (Å²) in [7, 11) is 0. The summed E-state index contributed by atoms with van der Waals surface area (Å²) in [5.74, 6) is 0.0212. The number of rotatable bonds is 1. The normalized spacial score (nSPS) is 20.9. The molecule has 0 spiro atoms. The second-order valence-electron chi connectivity index (χ2n) is 4.00. The number of halogens is 2. The molecule has 0 radical (unpaired) electrons. The van der Waals surface area contributed by atoms with Gasteiger partial charge in [-0.05, 0) is 31.0 Å². The molecule has 1 unspecified atom stereocenters. The Labute approximate surface area is 105 Å². The van der Waals surface area contributed by atoms with Crippen LogP contribution in [0, 0.1) is 0 Å². The Balaban J connectivity index is 2.12. The highest BCUT2D eigenvalue weighted by molar-refractivity contribution is 6.31. The van der Waals surface area contributed by atoms with E-state index in [9.17, 15) is 4.79 Å². The van der Waals surface area contributed by atoms with Gasteiger partial charge >= 0.3 is 0 Å². The smallest absolute Gasteiger partial charge is 0.253 e. The van der Waals surface area contributed by atoms with Crippen LogP contribution in [0.2, 0.25) is 5.02 Å². The quantitative estimate of drug-likeness (QED) is 0.708. The predicted molar refractivity (Wildman–Crippen MR) is 66.2 cm³/mol. The molecule has 1 saturated heterocycles. The number of amides is 1. The van der Waals surface area contributed by atoms with E-state index in [0.29, 0.717) is 17.1 Å². The first-order valence-electron chi connectivity index (χ1n) is 5.36. The molecule has 4 heteroatoms. The third kappa shape index (κ3) is 2.69. The van der Waals surface area contributed by atoms with Crippen LogP contribution in [0.4, 0.5) is 0 Å². The number of hydrogen-bond donors (Lipinski definition) is 0. The molecule has 0 aromatic heterocycles. The monoisotopic (exact) mass is 257 g/mol. The molecular weight excluding hydrogens is 245 g/mol. The minimum Gasteiger partial charge on any atom is -0.337 e. The molecule has 0 saturated carbocycles. The van der Waals surface area contributed by atoms with Gasteiger partial charge in [-0.3, -0.25) is 4.79 Å². The third-order valence-electron chi connectivity index (χ3n) is 2.72. The molecule has 1 aromatic carbocycles. The lowest BCUT2D eigenvalue weighted by Gasteiger charge is -2.29. The van der Waals surface area contributed by atoms with Gasteiger partial charge in [-0.25, -0.2) is 0 Å². The molecule has 1 amide bonds. The molecule has 0 N–H and O–H groups in total. The number of likely N-dealkylation sites (tertiary alicyclic amines) is 1. The molecule has 16 heavy (non-hydrogen) atoms. The minimum atomic E-state index is 0.0212. The summed E-state index contributed by atoms with van der Waals surface area (Å²) in [6.07, 6.45) is 1.96. The Bertz CT molecular complexity index is 394. The Morgan fingerprint density at radius 2 is 2.25 bits per heavy atom. The zero-order chi connectivity index (χ0) is 11.5. The van der Waals surface area contributed by atoms with Crippen molar-refractivity contribution in [2.75, 3.05) is 13.1 Å². The third-order valence-corrected chi connectivity index (χ3v) is 3.31. The summed E-state index contributed by atoms with van der Waals surface area (Å²) in [6.45, 7) is 1.42. The van der Waals surface area contributed by atoms with Crippen LogP contribution in [0.25, 0.3) is 0 Å². The number of carbonyl (C=O) groups excluding carboxylic acids is 1. The van der Waals surface area contributed by atoms with E-state index < -0.39 is 0 Å². The van der Waals surface area contributed by atoms with E-state index in [1.165, 1.54) is 0 Å². The SMILES string of the molecule is O=C(c1cccc(Cl)c1)N1CCCC(Cl)C1. The van der Waals surface area contributed by atoms with Gasteiger partial charge in [0, 0.05) is 23.7 Å². The summed E-state index contributed by atoms with van der Waals surface area (Å²) < 4.78 is 0. The van der Waals surface area contributed by atoms with Crippen LogP contribution < -0.4 is 0 Å². The Morgan fingerprint density at radius 1 is 1.44 bits per heavy atom. The number of carbonyl (C=O) groups is 1. The van der Waals surface area contributed by atoms with E-state index in [2.05, 4.69) is 0 Å². The summed E-state index contributed by atoms with van der Waals surface area (Å²) in [4.78, 5) is 13.9. The fourth-order valence-electron chi connectivity index (χ4n) is 1.91. The van der Waals surface area contributed by atoms with Crippen molar-refractivity contribution in [1.29, 1.82) is 0 Å². The number of hydrogen-bond acceptors (Lipinski definition) is 1. The highest BCUT2D eigenvalue weighted by Gasteiger charge is 2.22. The van der Waals surface area contributed by atoms with E-state index >= 15 is 0 Å². The predicted octanol–water partition coefficient (Wildman–Crippen LogP) is 3.18. The van der Waals surface area contributed by atoms with E-state index in [1.54, 1.807) is 29.2 Å². The lowest BCUT2D eigenvalue weighted by Crippen LogP contribution is -2.40. The van der Waals surface area contributed by atoms with Crippen molar-refractivity contribution in [3.05, 3.63) is 34.9 Å². The van der Waals surface area contributed by atoms with E-state index in [0.717, 1.165) is 19.4 Å². The van der Waals surface area contributed by atoms with Gasteiger partial charge in [-0.15, -0.1) is 11.6 Å². The maximum atomic E-state index is 12.1. The Hall–Kier alpha value is -0.730. The summed E-state index contributed by atoms with van der Waals surface area (Å²) in [6, 6.07) is 7.03. The number of benzene rings is 1. The molecule has 1 fully saturated rings. The topological polar surface area (TPSA) is 20.3 Å². The molecule has 0 bridgehead atoms. The van der Waals surface area contributed by atoms with Gasteiger partial charge in [0.2, 0.25) is 0 Å². The molecule has 0 aliphatic carbocycles. The standard InChI is InChI=1S/C12H13Cl2NO/c13-10-4-1-3-9(7-10)12(16)15-6-2-5-11(14)8-15/h1,3-4,7,11H,2,5-6,8H2. The maximum absolute atomic E-state index is 12.1. The van der Waals surface area contributed by atoms with E-state index in [-0.39, 0.29) is 11.3 Å². The van der Waals surface area contributed by atoms with Gasteiger partial charge < -0.3 is 4.90 Å². The first-order chi connectivity index (χ1) is 7.66. The van der Waals surface area contributed by atoms with E-state index in [1.807, 2.05) is 0 Å². The Morgan fingerprint density at radius 3 is 2.94 bits per heavy atom. The average Bonchev–Trinajstić information content (AvgIpc) is 2.28. The first-order valence-corrected chi connectivity index (χ1v) is 6.17. The molecule has 1 aliphatic rings. The molecule has 1 heterocycles. The summed E-state index contributed by atoms with van der Waals surface area (Å²) in [5.41, 5.74) is 0.637. The second-order valence-corrected chi connectivity index (χ2v) is 5.05. The van der Waals surface area contributed by atoms with Crippen LogP contribution in [0.1, 0.15) is 23.2 Å². The highest BCUT2D eigenvalue weighted by atomic mass is 35.5. The zero-order valence-electron chi connectivity index (χ0n) is 8.83. The van der Waals surface area contributed by atoms with Crippen LogP contribution >= 0.6 is 23.2 Å². The van der Waals surface area contributed by atoms with Crippen LogP contribution in [-0.4, -0.2) is 29.3 Å². The molecular formula is C12H13Cl2NO. The molecule has 1 aliphatic heterocycles. The Kier molecular flexibility index (Phi) is 3.72. The molecule has 1 atom stereocenters. The number of nitrogens with zero attached hydrogens (tertiary/aromatic N) is 1. The average molecular weight is 258 g/mol. The van der Waals surface area contributed by atoms with Gasteiger partial charge in [0.25, 0.3) is 5.91 Å². The largest absolute Gasteiger partial charge is 0.337 e. The fourth-order valence-corrected chi connectivity index (χ4v) is 2.43. The lowest BCUT2D eigenvalue weighted by atomic mass is 10.1. The highest BCUT2D eigenvalue weighted by Crippen LogP contribution is 2.19. The van der Waals surface area contributed by atoms with Crippen molar-refractivity contribution in [3.8, 4) is 0 Å². The van der Waals surface area contributed by atoms with Crippen LogP contribution in [0.5, 0.6) is 0 Å². The van der Waals surface area contributed by atoms with Gasteiger partial charge in [0.05, 0.1) is 5.38 Å². The minimum absolute atomic E-state index is 0.0212. The maximum Gasteiger partial charge on any atom is 0.253 e. The first kappa shape index (κ1) is 11.7. The number of piperidine rings is 1. The van der Waals surface area contributed by atoms with Gasteiger partial charge in [0.1, 0.15) is 0 Å². The van der Waals surface area contributed by atoms with Crippen molar-refractivity contribution in [1.82, 2.24) is 4.90 Å². The fraction of sp³-hybridized carbons (Fsp3) is 0.417. The lowest BCUT2D eigenvalue weighted by molar-refractivity contribution is 0.0727. The molecule has 2 nitrogen and oxygen atoms in total. The molecule has 1 aromatic rings.